The van der Waals surface area contributed by atoms with Crippen molar-refractivity contribution in [2.45, 2.75) is 59.0 Å². The van der Waals surface area contributed by atoms with E-state index in [-0.39, 0.29) is 16.9 Å². The zero-order chi connectivity index (χ0) is 30.5. The number of allylic oxidation sites excluding steroid dienone is 4. The predicted octanol–water partition coefficient (Wildman–Crippen LogP) is 8.83. The van der Waals surface area contributed by atoms with Gasteiger partial charge < -0.3 is 14.4 Å². The fourth-order valence-electron chi connectivity index (χ4n) is 4.61. The molecule has 0 atom stereocenters. The van der Waals surface area contributed by atoms with Gasteiger partial charge >= 0.3 is 0 Å². The van der Waals surface area contributed by atoms with Crippen molar-refractivity contribution in [3.8, 4) is 24.0 Å². The first-order valence-electron chi connectivity index (χ1n) is 14.3. The molecule has 0 spiro atoms. The lowest BCUT2D eigenvalue weighted by molar-refractivity contribution is 0.0954. The molecule has 2 heterocycles. The Balaban J connectivity index is 1.74. The molecule has 0 bridgehead atoms. The third kappa shape index (κ3) is 8.03. The highest BCUT2D eigenvalue weighted by molar-refractivity contribution is 7.13. The number of benzene rings is 1. The monoisotopic (exact) mass is 578 g/mol. The minimum absolute atomic E-state index is 0.0439. The molecule has 0 saturated heterocycles. The van der Waals surface area contributed by atoms with Gasteiger partial charge in [-0.25, -0.2) is 0 Å². The zero-order valence-corrected chi connectivity index (χ0v) is 25.9. The lowest BCUT2D eigenvalue weighted by Gasteiger charge is -2.25. The predicted molar refractivity (Wildman–Crippen MR) is 172 cm³/mol. The summed E-state index contributed by atoms with van der Waals surface area (Å²) in [5.41, 5.74) is 2.05. The van der Waals surface area contributed by atoms with Crippen LogP contribution in [0.5, 0.6) is 5.75 Å². The SMILES string of the molecule is CCCCN(CCCC)c1ccc(C=Cc2ccc(C=CC=CC3=C(C#N)C(=C(C#N)C#N)OC3(C)C)s2)c(OC)c1. The van der Waals surface area contributed by atoms with E-state index in [1.807, 2.05) is 44.2 Å². The number of thiophene rings is 1. The topological polar surface area (TPSA) is 93.1 Å². The first kappa shape index (κ1) is 32.0. The minimum Gasteiger partial charge on any atom is -0.496 e. The van der Waals surface area contributed by atoms with Crippen LogP contribution in [0.1, 0.15) is 68.7 Å². The van der Waals surface area contributed by atoms with Crippen LogP contribution in [0, 0.1) is 34.0 Å². The maximum atomic E-state index is 9.67. The largest absolute Gasteiger partial charge is 0.496 e. The molecule has 0 fully saturated rings. The van der Waals surface area contributed by atoms with Gasteiger partial charge in [0.2, 0.25) is 0 Å². The highest BCUT2D eigenvalue weighted by atomic mass is 32.1. The lowest BCUT2D eigenvalue weighted by atomic mass is 9.95. The van der Waals surface area contributed by atoms with Crippen molar-refractivity contribution in [3.05, 3.63) is 86.4 Å². The summed E-state index contributed by atoms with van der Waals surface area (Å²) in [6.45, 7) is 10.2. The molecule has 0 radical (unpaired) electrons. The Labute approximate surface area is 254 Å². The van der Waals surface area contributed by atoms with Crippen molar-refractivity contribution >= 4 is 35.3 Å². The van der Waals surface area contributed by atoms with Crippen LogP contribution >= 0.6 is 11.3 Å². The number of hydrogen-bond donors (Lipinski definition) is 0. The summed E-state index contributed by atoms with van der Waals surface area (Å²) >= 11 is 1.66. The van der Waals surface area contributed by atoms with Crippen molar-refractivity contribution in [2.75, 3.05) is 25.1 Å². The molecule has 7 heteroatoms. The number of rotatable bonds is 13. The van der Waals surface area contributed by atoms with Gasteiger partial charge in [-0.15, -0.1) is 11.3 Å². The fraction of sp³-hybridized carbons (Fsp3) is 0.343. The molecule has 2 aromatic rings. The van der Waals surface area contributed by atoms with E-state index in [4.69, 9.17) is 9.47 Å². The number of nitriles is 3. The van der Waals surface area contributed by atoms with Crippen molar-refractivity contribution in [3.63, 3.8) is 0 Å². The number of anilines is 1. The Kier molecular flexibility index (Phi) is 11.8. The van der Waals surface area contributed by atoms with E-state index in [9.17, 15) is 15.8 Å². The highest BCUT2D eigenvalue weighted by Gasteiger charge is 2.38. The Hall–Kier alpha value is -4.51. The molecule has 0 unspecified atom stereocenters. The van der Waals surface area contributed by atoms with Crippen molar-refractivity contribution < 1.29 is 9.47 Å². The van der Waals surface area contributed by atoms with Gasteiger partial charge in [0.1, 0.15) is 35.1 Å². The maximum Gasteiger partial charge on any atom is 0.172 e. The number of ether oxygens (including phenoxy) is 2. The Morgan fingerprint density at radius 3 is 2.17 bits per heavy atom. The van der Waals surface area contributed by atoms with Gasteiger partial charge in [-0.1, -0.05) is 44.9 Å². The van der Waals surface area contributed by atoms with Gasteiger partial charge in [0.05, 0.1) is 7.11 Å². The van der Waals surface area contributed by atoms with Crippen molar-refractivity contribution in [1.82, 2.24) is 0 Å². The van der Waals surface area contributed by atoms with Crippen LogP contribution < -0.4 is 9.64 Å². The molecule has 0 aliphatic carbocycles. The molecule has 0 saturated carbocycles. The molecule has 1 aliphatic heterocycles. The third-order valence-electron chi connectivity index (χ3n) is 6.92. The Bertz CT molecular complexity index is 1510. The van der Waals surface area contributed by atoms with E-state index in [1.165, 1.54) is 31.4 Å². The molecule has 216 valence electrons. The normalized spacial score (nSPS) is 14.3. The van der Waals surface area contributed by atoms with Crippen molar-refractivity contribution in [1.29, 1.82) is 15.8 Å². The second kappa shape index (κ2) is 15.5. The average Bonchev–Trinajstić information content (AvgIpc) is 3.55. The highest BCUT2D eigenvalue weighted by Crippen LogP contribution is 2.40. The van der Waals surface area contributed by atoms with E-state index >= 15 is 0 Å². The number of nitrogens with zero attached hydrogens (tertiary/aromatic N) is 4. The van der Waals surface area contributed by atoms with E-state index in [0.29, 0.717) is 5.57 Å². The summed E-state index contributed by atoms with van der Waals surface area (Å²) in [6, 6.07) is 16.3. The van der Waals surface area contributed by atoms with Crippen LogP contribution in [0.15, 0.2) is 71.0 Å². The number of hydrogen-bond acceptors (Lipinski definition) is 7. The number of unbranched alkanes of at least 4 members (excludes halogenated alkanes) is 2. The van der Waals surface area contributed by atoms with Gasteiger partial charge in [-0.05, 0) is 69.2 Å². The van der Waals surface area contributed by atoms with Crippen LogP contribution in [-0.2, 0) is 4.74 Å². The second-order valence-electron chi connectivity index (χ2n) is 10.4. The Morgan fingerprint density at radius 2 is 1.57 bits per heavy atom. The first-order chi connectivity index (χ1) is 20.3. The van der Waals surface area contributed by atoms with Gasteiger partial charge in [0.25, 0.3) is 0 Å². The maximum absolute atomic E-state index is 9.67. The quantitative estimate of drug-likeness (QED) is 0.174. The van der Waals surface area contributed by atoms with Gasteiger partial charge in [0.15, 0.2) is 11.3 Å². The Morgan fingerprint density at radius 1 is 0.929 bits per heavy atom. The van der Waals surface area contributed by atoms with Crippen LogP contribution in [0.25, 0.3) is 18.2 Å². The van der Waals surface area contributed by atoms with Gasteiger partial charge in [0, 0.05) is 45.7 Å². The van der Waals surface area contributed by atoms with E-state index in [1.54, 1.807) is 24.5 Å². The second-order valence-corrected chi connectivity index (χ2v) is 11.5. The fourth-order valence-corrected chi connectivity index (χ4v) is 5.43. The van der Waals surface area contributed by atoms with Crippen LogP contribution in [0.2, 0.25) is 0 Å². The van der Waals surface area contributed by atoms with E-state index in [2.05, 4.69) is 67.3 Å². The number of methoxy groups -OCH3 is 1. The molecule has 0 N–H and O–H groups in total. The molecular formula is C35H38N4O2S. The van der Waals surface area contributed by atoms with Gasteiger partial charge in [-0.2, -0.15) is 15.8 Å². The van der Waals surface area contributed by atoms with Crippen LogP contribution in [0.3, 0.4) is 0 Å². The molecule has 1 aromatic heterocycles. The van der Waals surface area contributed by atoms with E-state index < -0.39 is 5.60 Å². The summed E-state index contributed by atoms with van der Waals surface area (Å²) < 4.78 is 11.6. The summed E-state index contributed by atoms with van der Waals surface area (Å²) in [4.78, 5) is 4.66. The molecule has 0 amide bonds. The molecular weight excluding hydrogens is 540 g/mol. The zero-order valence-electron chi connectivity index (χ0n) is 25.1. The molecule has 1 aliphatic rings. The van der Waals surface area contributed by atoms with Gasteiger partial charge in [-0.3, -0.25) is 0 Å². The summed E-state index contributed by atoms with van der Waals surface area (Å²) in [5, 5.41) is 28.1. The average molecular weight is 579 g/mol. The van der Waals surface area contributed by atoms with Crippen molar-refractivity contribution in [2.24, 2.45) is 0 Å². The van der Waals surface area contributed by atoms with Crippen LogP contribution in [-0.4, -0.2) is 25.8 Å². The summed E-state index contributed by atoms with van der Waals surface area (Å²) in [6.07, 6.45) is 16.4. The standard InChI is InChI=1S/C35H38N4O2S/c1-6-8-20-39(21-9-7-2)28-16-14-26(33(22-28)40-5)15-17-30-19-18-29(42-30)12-10-11-13-32-31(25-38)34(27(23-36)24-37)41-35(32,3)4/h10-19,22H,6-9,20-21H2,1-5H3. The van der Waals surface area contributed by atoms with E-state index in [0.717, 1.165) is 34.2 Å². The smallest absolute Gasteiger partial charge is 0.172 e. The van der Waals surface area contributed by atoms with Crippen LogP contribution in [0.4, 0.5) is 5.69 Å². The molecule has 6 nitrogen and oxygen atoms in total. The third-order valence-corrected chi connectivity index (χ3v) is 7.94. The summed E-state index contributed by atoms with van der Waals surface area (Å²) in [7, 11) is 1.72. The summed E-state index contributed by atoms with van der Waals surface area (Å²) in [5.74, 6) is 0.908. The lowest BCUT2D eigenvalue weighted by Crippen LogP contribution is -2.25. The first-order valence-corrected chi connectivity index (χ1v) is 15.1. The molecule has 1 aromatic carbocycles. The minimum atomic E-state index is -0.826. The molecule has 3 rings (SSSR count). The molecule has 42 heavy (non-hydrogen) atoms.